The van der Waals surface area contributed by atoms with E-state index in [0.717, 1.165) is 0 Å². The number of halogens is 1. The predicted molar refractivity (Wildman–Crippen MR) is 63.6 cm³/mol. The summed E-state index contributed by atoms with van der Waals surface area (Å²) < 4.78 is 0. The zero-order valence-corrected chi connectivity index (χ0v) is 9.31. The number of rotatable bonds is 2. The van der Waals surface area contributed by atoms with Crippen LogP contribution in [0.3, 0.4) is 0 Å². The highest BCUT2D eigenvalue weighted by molar-refractivity contribution is 7.12. The Labute approximate surface area is 96.3 Å². The van der Waals surface area contributed by atoms with E-state index < -0.39 is 0 Å². The molecule has 1 heterocycles. The van der Waals surface area contributed by atoms with Crippen LogP contribution in [0.1, 0.15) is 15.2 Å². The molecule has 4 heteroatoms. The number of hydrogen-bond acceptors (Lipinski definition) is 3. The molecule has 2 aromatic rings. The normalized spacial score (nSPS) is 10.2. The summed E-state index contributed by atoms with van der Waals surface area (Å²) >= 11 is 7.32. The van der Waals surface area contributed by atoms with E-state index >= 15 is 0 Å². The van der Waals surface area contributed by atoms with Gasteiger partial charge in [0, 0.05) is 5.69 Å². The maximum Gasteiger partial charge on any atom is 0.206 e. The van der Waals surface area contributed by atoms with Crippen LogP contribution in [0, 0.1) is 0 Å². The van der Waals surface area contributed by atoms with E-state index in [-0.39, 0.29) is 5.78 Å². The van der Waals surface area contributed by atoms with Gasteiger partial charge in [-0.1, -0.05) is 23.7 Å². The van der Waals surface area contributed by atoms with Gasteiger partial charge in [-0.05, 0) is 23.6 Å². The summed E-state index contributed by atoms with van der Waals surface area (Å²) in [5.74, 6) is -0.117. The van der Waals surface area contributed by atoms with Crippen LogP contribution in [-0.2, 0) is 0 Å². The summed E-state index contributed by atoms with van der Waals surface area (Å²) in [5.41, 5.74) is 6.54. The van der Waals surface area contributed by atoms with Crippen LogP contribution in [0.4, 0.5) is 5.69 Å². The van der Waals surface area contributed by atoms with E-state index in [1.54, 1.807) is 24.3 Å². The third kappa shape index (κ3) is 1.89. The van der Waals surface area contributed by atoms with Gasteiger partial charge in [0.25, 0.3) is 0 Å². The number of ketones is 1. The quantitative estimate of drug-likeness (QED) is 0.644. The number of nitrogens with two attached hydrogens (primary N) is 1. The lowest BCUT2D eigenvalue weighted by Gasteiger charge is -2.04. The van der Waals surface area contributed by atoms with E-state index in [2.05, 4.69) is 0 Å². The number of benzene rings is 1. The summed E-state index contributed by atoms with van der Waals surface area (Å²) in [7, 11) is 0. The third-order valence-electron chi connectivity index (χ3n) is 2.02. The Balaban J connectivity index is 2.51. The first-order valence-electron chi connectivity index (χ1n) is 4.32. The van der Waals surface area contributed by atoms with Crippen molar-refractivity contribution in [3.63, 3.8) is 0 Å². The van der Waals surface area contributed by atoms with Gasteiger partial charge in [-0.15, -0.1) is 11.3 Å². The van der Waals surface area contributed by atoms with Crippen LogP contribution in [0.25, 0.3) is 0 Å². The van der Waals surface area contributed by atoms with Crippen molar-refractivity contribution in [2.75, 3.05) is 5.73 Å². The van der Waals surface area contributed by atoms with Gasteiger partial charge in [-0.3, -0.25) is 4.79 Å². The number of hydrogen-bond donors (Lipinski definition) is 1. The fraction of sp³-hybridized carbons (Fsp3) is 0. The second-order valence-corrected chi connectivity index (χ2v) is 4.37. The van der Waals surface area contributed by atoms with Gasteiger partial charge < -0.3 is 5.73 Å². The molecule has 1 aromatic heterocycles. The number of nitrogen functional groups attached to an aromatic ring is 1. The van der Waals surface area contributed by atoms with Crippen LogP contribution in [0.2, 0.25) is 5.02 Å². The summed E-state index contributed by atoms with van der Waals surface area (Å²) in [5, 5.41) is 2.24. The number of thiophene rings is 1. The molecule has 0 spiro atoms. The highest BCUT2D eigenvalue weighted by Crippen LogP contribution is 2.26. The Morgan fingerprint density at radius 2 is 2.07 bits per heavy atom. The Morgan fingerprint density at radius 1 is 1.27 bits per heavy atom. The number of carbonyl (C=O) groups excluding carboxylic acids is 1. The van der Waals surface area contributed by atoms with Crippen molar-refractivity contribution in [1.29, 1.82) is 0 Å². The van der Waals surface area contributed by atoms with Gasteiger partial charge in [0.15, 0.2) is 0 Å². The number of carbonyl (C=O) groups is 1. The van der Waals surface area contributed by atoms with Gasteiger partial charge in [-0.25, -0.2) is 0 Å². The molecule has 0 fully saturated rings. The zero-order valence-electron chi connectivity index (χ0n) is 7.74. The molecule has 0 saturated heterocycles. The summed E-state index contributed by atoms with van der Waals surface area (Å²) in [6.45, 7) is 0. The maximum absolute atomic E-state index is 12.0. The minimum Gasteiger partial charge on any atom is -0.398 e. The van der Waals surface area contributed by atoms with E-state index in [1.807, 2.05) is 11.4 Å². The van der Waals surface area contributed by atoms with Crippen LogP contribution in [-0.4, -0.2) is 5.78 Å². The zero-order chi connectivity index (χ0) is 10.8. The summed E-state index contributed by atoms with van der Waals surface area (Å²) in [6, 6.07) is 8.65. The molecule has 2 N–H and O–H groups in total. The summed E-state index contributed by atoms with van der Waals surface area (Å²) in [4.78, 5) is 12.6. The van der Waals surface area contributed by atoms with Crippen molar-refractivity contribution in [2.45, 2.75) is 0 Å². The lowest BCUT2D eigenvalue weighted by atomic mass is 10.1. The molecule has 1 aromatic carbocycles. The first-order chi connectivity index (χ1) is 7.20. The van der Waals surface area contributed by atoms with Crippen LogP contribution >= 0.6 is 22.9 Å². The molecule has 0 aliphatic heterocycles. The second kappa shape index (κ2) is 4.04. The predicted octanol–water partition coefficient (Wildman–Crippen LogP) is 3.21. The smallest absolute Gasteiger partial charge is 0.206 e. The fourth-order valence-electron chi connectivity index (χ4n) is 1.31. The molecule has 0 aliphatic rings. The van der Waals surface area contributed by atoms with E-state index in [1.165, 1.54) is 11.3 Å². The fourth-order valence-corrected chi connectivity index (χ4v) is 2.25. The molecule has 0 unspecified atom stereocenters. The minimum atomic E-state index is -0.117. The molecule has 2 nitrogen and oxygen atoms in total. The van der Waals surface area contributed by atoms with Crippen molar-refractivity contribution >= 4 is 34.4 Å². The Bertz CT molecular complexity index is 473. The molecular formula is C11H8ClNOS. The van der Waals surface area contributed by atoms with Crippen LogP contribution < -0.4 is 5.73 Å². The van der Waals surface area contributed by atoms with Crippen molar-refractivity contribution < 1.29 is 4.79 Å². The monoisotopic (exact) mass is 237 g/mol. The number of anilines is 1. The van der Waals surface area contributed by atoms with Crippen LogP contribution in [0.15, 0.2) is 35.7 Å². The first kappa shape index (κ1) is 10.2. The maximum atomic E-state index is 12.0. The van der Waals surface area contributed by atoms with Gasteiger partial charge in [0.2, 0.25) is 5.78 Å². The molecule has 0 saturated carbocycles. The summed E-state index contributed by atoms with van der Waals surface area (Å²) in [6.07, 6.45) is 0. The standard InChI is InChI=1S/C11H8ClNOS/c12-7-3-1-4-8(13)10(7)11(14)9-5-2-6-15-9/h1-6H,13H2. The molecule has 0 bridgehead atoms. The van der Waals surface area contributed by atoms with E-state index in [0.29, 0.717) is 21.2 Å². The lowest BCUT2D eigenvalue weighted by molar-refractivity contribution is 0.104. The molecule has 0 amide bonds. The molecule has 0 aliphatic carbocycles. The van der Waals surface area contributed by atoms with Crippen LogP contribution in [0.5, 0.6) is 0 Å². The first-order valence-corrected chi connectivity index (χ1v) is 5.58. The van der Waals surface area contributed by atoms with Crippen molar-refractivity contribution in [2.24, 2.45) is 0 Å². The molecular weight excluding hydrogens is 230 g/mol. The van der Waals surface area contributed by atoms with Gasteiger partial charge in [0.05, 0.1) is 15.5 Å². The highest BCUT2D eigenvalue weighted by atomic mass is 35.5. The largest absolute Gasteiger partial charge is 0.398 e. The second-order valence-electron chi connectivity index (χ2n) is 3.01. The lowest BCUT2D eigenvalue weighted by Crippen LogP contribution is -2.04. The molecule has 76 valence electrons. The van der Waals surface area contributed by atoms with E-state index in [9.17, 15) is 4.79 Å². The molecule has 2 rings (SSSR count). The van der Waals surface area contributed by atoms with Gasteiger partial charge in [0.1, 0.15) is 0 Å². The van der Waals surface area contributed by atoms with Crippen molar-refractivity contribution in [3.8, 4) is 0 Å². The topological polar surface area (TPSA) is 43.1 Å². The Kier molecular flexibility index (Phi) is 2.75. The molecule has 0 atom stereocenters. The van der Waals surface area contributed by atoms with Gasteiger partial charge in [-0.2, -0.15) is 0 Å². The molecule has 0 radical (unpaired) electrons. The molecule has 15 heavy (non-hydrogen) atoms. The highest BCUT2D eigenvalue weighted by Gasteiger charge is 2.16. The third-order valence-corrected chi connectivity index (χ3v) is 3.20. The Morgan fingerprint density at radius 3 is 2.67 bits per heavy atom. The van der Waals surface area contributed by atoms with Crippen molar-refractivity contribution in [3.05, 3.63) is 51.2 Å². The minimum absolute atomic E-state index is 0.117. The Hall–Kier alpha value is -1.32. The SMILES string of the molecule is Nc1cccc(Cl)c1C(=O)c1cccs1. The van der Waals surface area contributed by atoms with E-state index in [4.69, 9.17) is 17.3 Å². The average molecular weight is 238 g/mol. The van der Waals surface area contributed by atoms with Gasteiger partial charge >= 0.3 is 0 Å². The van der Waals surface area contributed by atoms with Crippen molar-refractivity contribution in [1.82, 2.24) is 0 Å². The average Bonchev–Trinajstić information content (AvgIpc) is 2.69.